The molecule has 1 aromatic carbocycles. The molecule has 1 N–H and O–H groups in total. The number of ether oxygens (including phenoxy) is 1. The number of hydrogen-bond donors (Lipinski definition) is 1. The Kier molecular flexibility index (Phi) is 6.65. The molecule has 0 spiro atoms. The molecule has 142 valence electrons. The molecule has 2 atom stereocenters. The third-order valence-electron chi connectivity index (χ3n) is 4.73. The molecule has 1 aliphatic carbocycles. The van der Waals surface area contributed by atoms with Crippen molar-refractivity contribution >= 4 is 11.7 Å². The van der Waals surface area contributed by atoms with E-state index >= 15 is 0 Å². The Morgan fingerprint density at radius 2 is 1.85 bits per heavy atom. The second-order valence-corrected chi connectivity index (χ2v) is 7.16. The highest BCUT2D eigenvalue weighted by molar-refractivity contribution is 6.00. The number of aliphatic hydroxyl groups excluding tert-OH is 1. The van der Waals surface area contributed by atoms with Crippen molar-refractivity contribution in [3.8, 4) is 0 Å². The van der Waals surface area contributed by atoms with Crippen molar-refractivity contribution in [2.75, 3.05) is 6.61 Å². The Hall–Kier alpha value is -2.07. The molecular formula is C22H31NO3. The van der Waals surface area contributed by atoms with Crippen LogP contribution in [0, 0.1) is 5.92 Å². The molecule has 4 nitrogen and oxygen atoms in total. The molecule has 1 aliphatic rings. The average molecular weight is 357 g/mol. The first kappa shape index (κ1) is 20.2. The van der Waals surface area contributed by atoms with E-state index in [2.05, 4.69) is 32.6 Å². The molecule has 0 aromatic heterocycles. The fraction of sp³-hybridized carbons (Fsp3) is 0.500. The first-order valence-corrected chi connectivity index (χ1v) is 9.44. The van der Waals surface area contributed by atoms with Crippen LogP contribution in [0.4, 0.5) is 0 Å². The molecule has 0 aliphatic heterocycles. The molecule has 0 fully saturated rings. The number of nitrogens with zero attached hydrogens (tertiary/aromatic N) is 1. The molecule has 0 bridgehead atoms. The number of allylic oxidation sites excluding steroid dienone is 1. The monoisotopic (exact) mass is 357 g/mol. The standard InChI is InChI=1S/C22H31NO3/c1-7-11-18-19(22(25)26-8-2)20(23(14(3)4)15(5)6)16-12-9-10-13-17(16)21(18)24/h7,9-15,18,21,24H,8H2,1-6H3/b11-7+. The summed E-state index contributed by atoms with van der Waals surface area (Å²) >= 11 is 0. The minimum absolute atomic E-state index is 0.198. The average Bonchev–Trinajstić information content (AvgIpc) is 2.58. The van der Waals surface area contributed by atoms with Crippen LogP contribution in [-0.4, -0.2) is 34.7 Å². The van der Waals surface area contributed by atoms with Gasteiger partial charge in [-0.2, -0.15) is 0 Å². The minimum atomic E-state index is -0.772. The summed E-state index contributed by atoms with van der Waals surface area (Å²) in [5, 5.41) is 11.0. The number of esters is 1. The summed E-state index contributed by atoms with van der Waals surface area (Å²) in [7, 11) is 0. The highest BCUT2D eigenvalue weighted by atomic mass is 16.5. The zero-order valence-corrected chi connectivity index (χ0v) is 16.7. The fourth-order valence-electron chi connectivity index (χ4n) is 3.87. The van der Waals surface area contributed by atoms with Gasteiger partial charge >= 0.3 is 5.97 Å². The van der Waals surface area contributed by atoms with Crippen LogP contribution in [0.1, 0.15) is 58.8 Å². The number of fused-ring (bicyclic) bond motifs is 1. The van der Waals surface area contributed by atoms with Gasteiger partial charge in [0.05, 0.1) is 24.0 Å². The molecule has 2 rings (SSSR count). The van der Waals surface area contributed by atoms with Gasteiger partial charge in [0.2, 0.25) is 0 Å². The summed E-state index contributed by atoms with van der Waals surface area (Å²) in [5.41, 5.74) is 3.17. The van der Waals surface area contributed by atoms with Gasteiger partial charge < -0.3 is 14.7 Å². The van der Waals surface area contributed by atoms with E-state index in [9.17, 15) is 9.90 Å². The van der Waals surface area contributed by atoms with Crippen LogP contribution < -0.4 is 0 Å². The van der Waals surface area contributed by atoms with Crippen LogP contribution in [0.2, 0.25) is 0 Å². The maximum absolute atomic E-state index is 12.9. The molecule has 0 amide bonds. The Morgan fingerprint density at radius 1 is 1.23 bits per heavy atom. The van der Waals surface area contributed by atoms with E-state index < -0.39 is 12.0 Å². The Morgan fingerprint density at radius 3 is 2.38 bits per heavy atom. The summed E-state index contributed by atoms with van der Waals surface area (Å²) in [6, 6.07) is 8.20. The topological polar surface area (TPSA) is 49.8 Å². The van der Waals surface area contributed by atoms with Gasteiger partial charge in [-0.1, -0.05) is 36.4 Å². The molecular weight excluding hydrogens is 326 g/mol. The van der Waals surface area contributed by atoms with Crippen molar-refractivity contribution < 1.29 is 14.6 Å². The van der Waals surface area contributed by atoms with Crippen LogP contribution in [0.15, 0.2) is 42.0 Å². The zero-order valence-electron chi connectivity index (χ0n) is 16.7. The largest absolute Gasteiger partial charge is 0.463 e. The lowest BCUT2D eigenvalue weighted by Crippen LogP contribution is -2.40. The van der Waals surface area contributed by atoms with E-state index in [1.54, 1.807) is 6.92 Å². The zero-order chi connectivity index (χ0) is 19.4. The van der Waals surface area contributed by atoms with Crippen LogP contribution in [-0.2, 0) is 9.53 Å². The van der Waals surface area contributed by atoms with Crippen LogP contribution >= 0.6 is 0 Å². The molecule has 4 heteroatoms. The highest BCUT2D eigenvalue weighted by Crippen LogP contribution is 2.45. The van der Waals surface area contributed by atoms with Crippen molar-refractivity contribution in [2.45, 2.75) is 59.7 Å². The van der Waals surface area contributed by atoms with E-state index in [0.717, 1.165) is 16.8 Å². The SMILES string of the molecule is C/C=C/C1C(C(=O)OCC)=C(N(C(C)C)C(C)C)c2ccccc2C1O. The lowest BCUT2D eigenvalue weighted by atomic mass is 9.78. The summed E-state index contributed by atoms with van der Waals surface area (Å²) in [6.07, 6.45) is 3.01. The van der Waals surface area contributed by atoms with Crippen LogP contribution in [0.3, 0.4) is 0 Å². The predicted octanol–water partition coefficient (Wildman–Crippen LogP) is 4.32. The van der Waals surface area contributed by atoms with Crippen molar-refractivity contribution in [2.24, 2.45) is 5.92 Å². The number of rotatable bonds is 6. The highest BCUT2D eigenvalue weighted by Gasteiger charge is 2.39. The molecule has 0 saturated carbocycles. The smallest absolute Gasteiger partial charge is 0.336 e. The van der Waals surface area contributed by atoms with E-state index in [1.165, 1.54) is 0 Å². The summed E-state index contributed by atoms with van der Waals surface area (Å²) in [6.45, 7) is 12.5. The van der Waals surface area contributed by atoms with Gasteiger partial charge in [0.25, 0.3) is 0 Å². The Balaban J connectivity index is 2.85. The Bertz CT molecular complexity index is 695. The first-order valence-electron chi connectivity index (χ1n) is 9.44. The number of benzene rings is 1. The van der Waals surface area contributed by atoms with Gasteiger partial charge in [-0.25, -0.2) is 4.79 Å². The molecule has 0 saturated heterocycles. The van der Waals surface area contributed by atoms with Crippen molar-refractivity contribution in [1.29, 1.82) is 0 Å². The third kappa shape index (κ3) is 3.70. The third-order valence-corrected chi connectivity index (χ3v) is 4.73. The van der Waals surface area contributed by atoms with Crippen LogP contribution in [0.25, 0.3) is 5.70 Å². The normalized spacial score (nSPS) is 20.0. The fourth-order valence-corrected chi connectivity index (χ4v) is 3.87. The molecule has 0 heterocycles. The van der Waals surface area contributed by atoms with Gasteiger partial charge in [0.1, 0.15) is 0 Å². The number of hydrogen-bond acceptors (Lipinski definition) is 4. The lowest BCUT2D eigenvalue weighted by molar-refractivity contribution is -0.139. The summed E-state index contributed by atoms with van der Waals surface area (Å²) in [5.74, 6) is -0.783. The lowest BCUT2D eigenvalue weighted by Gasteiger charge is -2.41. The van der Waals surface area contributed by atoms with Gasteiger partial charge in [-0.05, 0) is 47.1 Å². The number of carbonyl (C=O) groups excluding carboxylic acids is 1. The minimum Gasteiger partial charge on any atom is -0.463 e. The second-order valence-electron chi connectivity index (χ2n) is 7.16. The van der Waals surface area contributed by atoms with Crippen molar-refractivity contribution in [3.63, 3.8) is 0 Å². The van der Waals surface area contributed by atoms with E-state index in [4.69, 9.17) is 4.74 Å². The van der Waals surface area contributed by atoms with Gasteiger partial charge in [-0.15, -0.1) is 0 Å². The Labute approximate surface area is 157 Å². The van der Waals surface area contributed by atoms with E-state index in [0.29, 0.717) is 12.2 Å². The molecule has 2 unspecified atom stereocenters. The van der Waals surface area contributed by atoms with Crippen molar-refractivity contribution in [3.05, 3.63) is 53.1 Å². The first-order chi connectivity index (χ1) is 12.3. The van der Waals surface area contributed by atoms with Gasteiger partial charge in [0.15, 0.2) is 0 Å². The molecule has 26 heavy (non-hydrogen) atoms. The second kappa shape index (κ2) is 8.54. The molecule has 1 aromatic rings. The predicted molar refractivity (Wildman–Crippen MR) is 105 cm³/mol. The summed E-state index contributed by atoms with van der Waals surface area (Å²) in [4.78, 5) is 15.2. The number of carbonyl (C=O) groups is 1. The van der Waals surface area contributed by atoms with Crippen molar-refractivity contribution in [1.82, 2.24) is 4.90 Å². The van der Waals surface area contributed by atoms with E-state index in [1.807, 2.05) is 43.3 Å². The maximum atomic E-state index is 12.9. The maximum Gasteiger partial charge on any atom is 0.336 e. The van der Waals surface area contributed by atoms with Gasteiger partial charge in [0, 0.05) is 23.6 Å². The van der Waals surface area contributed by atoms with Crippen LogP contribution in [0.5, 0.6) is 0 Å². The summed E-state index contributed by atoms with van der Waals surface area (Å²) < 4.78 is 5.39. The van der Waals surface area contributed by atoms with Gasteiger partial charge in [-0.3, -0.25) is 0 Å². The molecule has 0 radical (unpaired) electrons. The quantitative estimate of drug-likeness (QED) is 0.608. The number of aliphatic hydroxyl groups is 1. The van der Waals surface area contributed by atoms with E-state index in [-0.39, 0.29) is 18.1 Å².